The number of hydrogen-bond donors (Lipinski definition) is 0. The van der Waals surface area contributed by atoms with Gasteiger partial charge < -0.3 is 9.64 Å². The summed E-state index contributed by atoms with van der Waals surface area (Å²) in [7, 11) is 1.63. The lowest BCUT2D eigenvalue weighted by atomic mass is 10.2. The van der Waals surface area contributed by atoms with Crippen molar-refractivity contribution < 1.29 is 9.53 Å². The van der Waals surface area contributed by atoms with Gasteiger partial charge in [-0.2, -0.15) is 0 Å². The van der Waals surface area contributed by atoms with Crippen LogP contribution in [0.25, 0.3) is 20.7 Å². The minimum Gasteiger partial charge on any atom is -0.497 e. The van der Waals surface area contributed by atoms with Gasteiger partial charge in [0.05, 0.1) is 19.0 Å². The molecule has 0 saturated heterocycles. The second-order valence-electron chi connectivity index (χ2n) is 5.80. The molecule has 6 nitrogen and oxygen atoms in total. The number of ether oxygens (including phenoxy) is 1. The quantitative estimate of drug-likeness (QED) is 0.668. The van der Waals surface area contributed by atoms with Gasteiger partial charge in [-0.1, -0.05) is 0 Å². The van der Waals surface area contributed by atoms with Gasteiger partial charge in [0.1, 0.15) is 17.0 Å². The number of methoxy groups -OCH3 is 1. The maximum Gasteiger partial charge on any atom is 0.271 e. The van der Waals surface area contributed by atoms with Crippen LogP contribution in [-0.2, 0) is 11.3 Å². The molecule has 0 aliphatic heterocycles. The molecule has 0 radical (unpaired) electrons. The Bertz CT molecular complexity index is 972. The lowest BCUT2D eigenvalue weighted by Crippen LogP contribution is -2.36. The molecule has 0 bridgehead atoms. The normalized spacial score (nSPS) is 10.9. The predicted molar refractivity (Wildman–Crippen MR) is 104 cm³/mol. The number of thiophene rings is 1. The predicted octanol–water partition coefficient (Wildman–Crippen LogP) is 3.00. The van der Waals surface area contributed by atoms with Crippen LogP contribution in [0.15, 0.2) is 41.5 Å². The largest absolute Gasteiger partial charge is 0.497 e. The molecule has 1 amide bonds. The molecule has 0 unspecified atom stereocenters. The monoisotopic (exact) mass is 371 g/mol. The molecular weight excluding hydrogens is 350 g/mol. The first-order valence-electron chi connectivity index (χ1n) is 8.48. The van der Waals surface area contributed by atoms with Crippen molar-refractivity contribution in [1.82, 2.24) is 14.5 Å². The number of aromatic nitrogens is 2. The van der Waals surface area contributed by atoms with Gasteiger partial charge in [0.2, 0.25) is 5.91 Å². The zero-order chi connectivity index (χ0) is 18.7. The number of hydrogen-bond acceptors (Lipinski definition) is 5. The highest BCUT2D eigenvalue weighted by molar-refractivity contribution is 7.22. The van der Waals surface area contributed by atoms with Crippen LogP contribution in [0.1, 0.15) is 13.8 Å². The topological polar surface area (TPSA) is 64.4 Å². The fraction of sp³-hybridized carbons (Fsp3) is 0.316. The van der Waals surface area contributed by atoms with E-state index in [1.54, 1.807) is 12.0 Å². The van der Waals surface area contributed by atoms with Crippen molar-refractivity contribution in [2.24, 2.45) is 0 Å². The average molecular weight is 371 g/mol. The number of likely N-dealkylation sites (N-methyl/N-ethyl adjacent to an activating group) is 1. The minimum absolute atomic E-state index is 0.0131. The van der Waals surface area contributed by atoms with Gasteiger partial charge in [-0.15, -0.1) is 11.3 Å². The van der Waals surface area contributed by atoms with Crippen molar-refractivity contribution in [2.75, 3.05) is 20.2 Å². The van der Waals surface area contributed by atoms with E-state index in [2.05, 4.69) is 4.98 Å². The third-order valence-electron chi connectivity index (χ3n) is 4.30. The van der Waals surface area contributed by atoms with E-state index in [1.807, 2.05) is 44.2 Å². The number of nitrogens with zero attached hydrogens (tertiary/aromatic N) is 3. The van der Waals surface area contributed by atoms with E-state index in [0.717, 1.165) is 16.2 Å². The summed E-state index contributed by atoms with van der Waals surface area (Å²) >= 11 is 1.39. The van der Waals surface area contributed by atoms with Gasteiger partial charge in [0, 0.05) is 18.0 Å². The first kappa shape index (κ1) is 18.1. The molecule has 0 saturated carbocycles. The molecule has 0 aliphatic rings. The molecule has 136 valence electrons. The Morgan fingerprint density at radius 2 is 1.92 bits per heavy atom. The van der Waals surface area contributed by atoms with Gasteiger partial charge in [-0.25, -0.2) is 4.98 Å². The highest BCUT2D eigenvalue weighted by atomic mass is 32.1. The van der Waals surface area contributed by atoms with E-state index in [-0.39, 0.29) is 18.0 Å². The van der Waals surface area contributed by atoms with Gasteiger partial charge in [0.15, 0.2) is 0 Å². The smallest absolute Gasteiger partial charge is 0.271 e. The first-order valence-corrected chi connectivity index (χ1v) is 9.30. The van der Waals surface area contributed by atoms with Crippen molar-refractivity contribution in [3.8, 4) is 16.2 Å². The zero-order valence-electron chi connectivity index (χ0n) is 15.1. The Morgan fingerprint density at radius 3 is 2.54 bits per heavy atom. The minimum atomic E-state index is -0.180. The van der Waals surface area contributed by atoms with Gasteiger partial charge >= 0.3 is 0 Å². The molecule has 0 spiro atoms. The maximum absolute atomic E-state index is 12.8. The molecule has 3 rings (SSSR count). The number of carbonyl (C=O) groups is 1. The van der Waals surface area contributed by atoms with Gasteiger partial charge in [-0.05, 0) is 49.7 Å². The summed E-state index contributed by atoms with van der Waals surface area (Å²) in [5.74, 6) is 0.704. The van der Waals surface area contributed by atoms with Crippen LogP contribution in [0, 0.1) is 0 Å². The molecule has 3 aromatic rings. The fourth-order valence-electron chi connectivity index (χ4n) is 2.78. The number of benzene rings is 1. The Balaban J connectivity index is 1.94. The number of rotatable bonds is 6. The molecule has 7 heteroatoms. The van der Waals surface area contributed by atoms with Crippen LogP contribution in [0.3, 0.4) is 0 Å². The molecule has 1 aromatic carbocycles. The SMILES string of the molecule is CCN(CC)C(=O)Cn1cnc2cc(-c3ccc(OC)cc3)sc2c1=O. The van der Waals surface area contributed by atoms with E-state index in [4.69, 9.17) is 4.74 Å². The van der Waals surface area contributed by atoms with E-state index >= 15 is 0 Å². The molecule has 26 heavy (non-hydrogen) atoms. The third kappa shape index (κ3) is 3.48. The molecular formula is C19H21N3O3S. The van der Waals surface area contributed by atoms with Crippen molar-refractivity contribution >= 4 is 27.5 Å². The summed E-state index contributed by atoms with van der Waals surface area (Å²) in [6.45, 7) is 5.11. The lowest BCUT2D eigenvalue weighted by molar-refractivity contribution is -0.131. The van der Waals surface area contributed by atoms with Gasteiger partial charge in [-0.3, -0.25) is 14.2 Å². The average Bonchev–Trinajstić information content (AvgIpc) is 3.10. The number of carbonyl (C=O) groups excluding carboxylic acids is 1. The van der Waals surface area contributed by atoms with Crippen LogP contribution >= 0.6 is 11.3 Å². The second kappa shape index (κ2) is 7.70. The fourth-order valence-corrected chi connectivity index (χ4v) is 3.84. The first-order chi connectivity index (χ1) is 12.6. The number of fused-ring (bicyclic) bond motifs is 1. The van der Waals surface area contributed by atoms with Crippen LogP contribution in [0.4, 0.5) is 0 Å². The molecule has 2 heterocycles. The molecule has 0 N–H and O–H groups in total. The Kier molecular flexibility index (Phi) is 5.37. The van der Waals surface area contributed by atoms with Crippen LogP contribution in [-0.4, -0.2) is 40.6 Å². The van der Waals surface area contributed by atoms with E-state index in [9.17, 15) is 9.59 Å². The second-order valence-corrected chi connectivity index (χ2v) is 6.85. The highest BCUT2D eigenvalue weighted by Gasteiger charge is 2.15. The Morgan fingerprint density at radius 1 is 1.23 bits per heavy atom. The van der Waals surface area contributed by atoms with Crippen LogP contribution in [0.5, 0.6) is 5.75 Å². The van der Waals surface area contributed by atoms with E-state index < -0.39 is 0 Å². The molecule has 2 aromatic heterocycles. The van der Waals surface area contributed by atoms with Crippen molar-refractivity contribution in [1.29, 1.82) is 0 Å². The number of amides is 1. The Hall–Kier alpha value is -2.67. The standard InChI is InChI=1S/C19H21N3O3S/c1-4-21(5-2)17(23)11-22-12-20-15-10-16(26-18(15)19(22)24)13-6-8-14(25-3)9-7-13/h6-10,12H,4-5,11H2,1-3H3. The van der Waals surface area contributed by atoms with E-state index in [0.29, 0.717) is 23.3 Å². The summed E-state index contributed by atoms with van der Waals surface area (Å²) in [4.78, 5) is 32.1. The summed E-state index contributed by atoms with van der Waals surface area (Å²) in [5, 5.41) is 0. The molecule has 0 aliphatic carbocycles. The van der Waals surface area contributed by atoms with Crippen molar-refractivity contribution in [3.63, 3.8) is 0 Å². The zero-order valence-corrected chi connectivity index (χ0v) is 15.9. The lowest BCUT2D eigenvalue weighted by Gasteiger charge is -2.18. The summed E-state index contributed by atoms with van der Waals surface area (Å²) in [6.07, 6.45) is 1.45. The van der Waals surface area contributed by atoms with E-state index in [1.165, 1.54) is 22.2 Å². The summed E-state index contributed by atoms with van der Waals surface area (Å²) in [5.41, 5.74) is 1.47. The van der Waals surface area contributed by atoms with Gasteiger partial charge in [0.25, 0.3) is 5.56 Å². The molecule has 0 fully saturated rings. The third-order valence-corrected chi connectivity index (χ3v) is 5.46. The van der Waals surface area contributed by atoms with Crippen LogP contribution in [0.2, 0.25) is 0 Å². The van der Waals surface area contributed by atoms with Crippen LogP contribution < -0.4 is 10.3 Å². The maximum atomic E-state index is 12.8. The highest BCUT2D eigenvalue weighted by Crippen LogP contribution is 2.31. The molecule has 0 atom stereocenters. The summed E-state index contributed by atoms with van der Waals surface area (Å²) < 4.78 is 7.12. The Labute approximate surface area is 155 Å². The van der Waals surface area contributed by atoms with Crippen molar-refractivity contribution in [3.05, 3.63) is 47.0 Å². The van der Waals surface area contributed by atoms with Crippen molar-refractivity contribution in [2.45, 2.75) is 20.4 Å². The summed E-state index contributed by atoms with van der Waals surface area (Å²) in [6, 6.07) is 9.57.